The van der Waals surface area contributed by atoms with Crippen molar-refractivity contribution in [3.8, 4) is 0 Å². The highest BCUT2D eigenvalue weighted by atomic mass is 35.5. The van der Waals surface area contributed by atoms with Gasteiger partial charge in [-0.25, -0.2) is 4.98 Å². The fourth-order valence-electron chi connectivity index (χ4n) is 1.33. The summed E-state index contributed by atoms with van der Waals surface area (Å²) < 4.78 is 37.3. The lowest BCUT2D eigenvalue weighted by Gasteiger charge is -2.10. The van der Waals surface area contributed by atoms with Crippen LogP contribution in [0, 0.1) is 0 Å². The lowest BCUT2D eigenvalue weighted by molar-refractivity contribution is -0.137. The van der Waals surface area contributed by atoms with E-state index in [4.69, 9.17) is 11.6 Å². The van der Waals surface area contributed by atoms with E-state index in [1.807, 2.05) is 0 Å². The minimum Gasteiger partial charge on any atom is -0.370 e. The van der Waals surface area contributed by atoms with Crippen LogP contribution >= 0.6 is 11.6 Å². The molecule has 0 amide bonds. The zero-order chi connectivity index (χ0) is 13.9. The van der Waals surface area contributed by atoms with Crippen LogP contribution in [0.4, 0.5) is 19.0 Å². The van der Waals surface area contributed by atoms with Gasteiger partial charge >= 0.3 is 6.18 Å². The predicted molar refractivity (Wildman–Crippen MR) is 60.6 cm³/mol. The van der Waals surface area contributed by atoms with E-state index in [9.17, 15) is 13.2 Å². The van der Waals surface area contributed by atoms with Gasteiger partial charge in [0.05, 0.1) is 5.56 Å². The molecule has 10 heteroatoms. The monoisotopic (exact) mass is 292 g/mol. The Morgan fingerprint density at radius 1 is 1.32 bits per heavy atom. The predicted octanol–water partition coefficient (Wildman–Crippen LogP) is 1.92. The third-order valence-corrected chi connectivity index (χ3v) is 2.49. The molecule has 0 saturated carbocycles. The zero-order valence-electron chi connectivity index (χ0n) is 9.37. The Morgan fingerprint density at radius 2 is 2.11 bits per heavy atom. The highest BCUT2D eigenvalue weighted by Gasteiger charge is 2.33. The van der Waals surface area contributed by atoms with Gasteiger partial charge in [0.1, 0.15) is 11.0 Å². The van der Waals surface area contributed by atoms with Crippen LogP contribution in [0.5, 0.6) is 0 Å². The minimum absolute atomic E-state index is 0.251. The number of alkyl halides is 3. The number of anilines is 1. The quantitative estimate of drug-likeness (QED) is 0.842. The van der Waals surface area contributed by atoms with E-state index in [0.717, 1.165) is 6.07 Å². The highest BCUT2D eigenvalue weighted by Crippen LogP contribution is 2.34. The average molecular weight is 293 g/mol. The summed E-state index contributed by atoms with van der Waals surface area (Å²) in [4.78, 5) is 3.63. The van der Waals surface area contributed by atoms with Gasteiger partial charge < -0.3 is 5.32 Å². The van der Waals surface area contributed by atoms with E-state index in [-0.39, 0.29) is 5.82 Å². The number of tetrazole rings is 1. The number of rotatable bonds is 4. The number of hydrogen-bond donors (Lipinski definition) is 2. The summed E-state index contributed by atoms with van der Waals surface area (Å²) in [5, 5.41) is 15.4. The molecule has 0 saturated heterocycles. The molecule has 0 spiro atoms. The van der Waals surface area contributed by atoms with Crippen LogP contribution in [-0.4, -0.2) is 32.2 Å². The molecule has 2 aromatic rings. The molecule has 0 aliphatic rings. The highest BCUT2D eigenvalue weighted by molar-refractivity contribution is 6.30. The van der Waals surface area contributed by atoms with E-state index in [1.54, 1.807) is 0 Å². The normalized spacial score (nSPS) is 11.6. The number of aromatic amines is 1. The number of aromatic nitrogens is 5. The summed E-state index contributed by atoms with van der Waals surface area (Å²) in [6.07, 6.45) is -4.05. The van der Waals surface area contributed by atoms with Gasteiger partial charge in [-0.1, -0.05) is 16.8 Å². The molecule has 0 aliphatic carbocycles. The summed E-state index contributed by atoms with van der Waals surface area (Å²) in [5.74, 6) is 0.743. The van der Waals surface area contributed by atoms with Crippen LogP contribution in [0.3, 0.4) is 0 Å². The largest absolute Gasteiger partial charge is 0.419 e. The standard InChI is InChI=1S/C9H8ClF3N6/c10-8-5(9(11,12)13)1-2-6(15-8)14-4-3-7-16-18-19-17-7/h1-2H,3-4H2,(H,14,15)(H,16,17,18,19). The molecule has 2 aromatic heterocycles. The molecule has 19 heavy (non-hydrogen) atoms. The van der Waals surface area contributed by atoms with Crippen LogP contribution in [0.2, 0.25) is 5.15 Å². The molecular weight excluding hydrogens is 285 g/mol. The summed E-state index contributed by atoms with van der Waals surface area (Å²) in [5.41, 5.74) is -0.960. The topological polar surface area (TPSA) is 79.4 Å². The molecular formula is C9H8ClF3N6. The molecule has 102 valence electrons. The number of pyridine rings is 1. The molecule has 0 bridgehead atoms. The van der Waals surface area contributed by atoms with Crippen LogP contribution in [0.25, 0.3) is 0 Å². The second-order valence-electron chi connectivity index (χ2n) is 3.54. The molecule has 0 radical (unpaired) electrons. The fraction of sp³-hybridized carbons (Fsp3) is 0.333. The van der Waals surface area contributed by atoms with Crippen molar-refractivity contribution < 1.29 is 13.2 Å². The Hall–Kier alpha value is -1.90. The summed E-state index contributed by atoms with van der Waals surface area (Å²) in [6.45, 7) is 0.397. The lowest BCUT2D eigenvalue weighted by atomic mass is 10.2. The van der Waals surface area contributed by atoms with Gasteiger partial charge in [-0.05, 0) is 12.1 Å². The zero-order valence-corrected chi connectivity index (χ0v) is 10.1. The van der Waals surface area contributed by atoms with Crippen LogP contribution < -0.4 is 5.32 Å². The molecule has 0 unspecified atom stereocenters. The van der Waals surface area contributed by atoms with Gasteiger partial charge in [0.2, 0.25) is 0 Å². The van der Waals surface area contributed by atoms with Gasteiger partial charge in [0, 0.05) is 13.0 Å². The number of nitrogens with one attached hydrogen (secondary N) is 2. The maximum Gasteiger partial charge on any atom is 0.419 e. The van der Waals surface area contributed by atoms with E-state index in [1.165, 1.54) is 6.07 Å². The third-order valence-electron chi connectivity index (χ3n) is 2.20. The van der Waals surface area contributed by atoms with E-state index in [0.29, 0.717) is 18.8 Å². The SMILES string of the molecule is FC(F)(F)c1ccc(NCCc2nn[nH]n2)nc1Cl. The molecule has 0 aliphatic heterocycles. The van der Waals surface area contributed by atoms with Crippen molar-refractivity contribution in [2.24, 2.45) is 0 Å². The number of nitrogens with zero attached hydrogens (tertiary/aromatic N) is 4. The Kier molecular flexibility index (Phi) is 3.84. The third kappa shape index (κ3) is 3.53. The van der Waals surface area contributed by atoms with Gasteiger partial charge in [-0.2, -0.15) is 18.4 Å². The molecule has 2 rings (SSSR count). The first kappa shape index (κ1) is 13.5. The maximum absolute atomic E-state index is 12.4. The second-order valence-corrected chi connectivity index (χ2v) is 3.90. The van der Waals surface area contributed by atoms with Crippen molar-refractivity contribution >= 4 is 17.4 Å². The lowest BCUT2D eigenvalue weighted by Crippen LogP contribution is -2.10. The van der Waals surface area contributed by atoms with E-state index < -0.39 is 16.9 Å². The summed E-state index contributed by atoms with van der Waals surface area (Å²) in [6, 6.07) is 2.09. The fourth-order valence-corrected chi connectivity index (χ4v) is 1.60. The first-order valence-electron chi connectivity index (χ1n) is 5.17. The molecule has 0 atom stereocenters. The maximum atomic E-state index is 12.4. The molecule has 6 nitrogen and oxygen atoms in total. The molecule has 0 aromatic carbocycles. The van der Waals surface area contributed by atoms with Crippen molar-refractivity contribution in [2.45, 2.75) is 12.6 Å². The van der Waals surface area contributed by atoms with Crippen molar-refractivity contribution in [1.82, 2.24) is 25.6 Å². The first-order chi connectivity index (χ1) is 8.97. The Bertz CT molecular complexity index is 541. The Labute approximate surface area is 110 Å². The van der Waals surface area contributed by atoms with Gasteiger partial charge in [0.25, 0.3) is 0 Å². The number of halogens is 4. The van der Waals surface area contributed by atoms with Crippen LogP contribution in [0.1, 0.15) is 11.4 Å². The van der Waals surface area contributed by atoms with Crippen molar-refractivity contribution in [3.63, 3.8) is 0 Å². The smallest absolute Gasteiger partial charge is 0.370 e. The van der Waals surface area contributed by atoms with Crippen molar-refractivity contribution in [2.75, 3.05) is 11.9 Å². The van der Waals surface area contributed by atoms with Crippen molar-refractivity contribution in [1.29, 1.82) is 0 Å². The molecule has 2 heterocycles. The van der Waals surface area contributed by atoms with E-state index in [2.05, 4.69) is 30.9 Å². The van der Waals surface area contributed by atoms with Crippen LogP contribution in [-0.2, 0) is 12.6 Å². The number of hydrogen-bond acceptors (Lipinski definition) is 5. The van der Waals surface area contributed by atoms with Crippen LogP contribution in [0.15, 0.2) is 12.1 Å². The van der Waals surface area contributed by atoms with Gasteiger partial charge in [-0.15, -0.1) is 10.2 Å². The van der Waals surface area contributed by atoms with E-state index >= 15 is 0 Å². The Balaban J connectivity index is 1.97. The Morgan fingerprint density at radius 3 is 2.68 bits per heavy atom. The molecule has 2 N–H and O–H groups in total. The number of H-pyrrole nitrogens is 1. The minimum atomic E-state index is -4.51. The van der Waals surface area contributed by atoms with Crippen molar-refractivity contribution in [3.05, 3.63) is 28.7 Å². The van der Waals surface area contributed by atoms with Gasteiger partial charge in [0.15, 0.2) is 5.82 Å². The summed E-state index contributed by atoms with van der Waals surface area (Å²) in [7, 11) is 0. The second kappa shape index (κ2) is 5.39. The average Bonchev–Trinajstić information content (AvgIpc) is 2.80. The van der Waals surface area contributed by atoms with Gasteiger partial charge in [-0.3, -0.25) is 0 Å². The first-order valence-corrected chi connectivity index (χ1v) is 5.54. The summed E-state index contributed by atoms with van der Waals surface area (Å²) >= 11 is 5.48. The molecule has 0 fully saturated rings.